The zero-order valence-electron chi connectivity index (χ0n) is 11.9. The Morgan fingerprint density at radius 2 is 2.00 bits per heavy atom. The maximum atomic E-state index is 12.1. The molecule has 0 fully saturated rings. The van der Waals surface area contributed by atoms with E-state index in [0.29, 0.717) is 23.0 Å². The van der Waals surface area contributed by atoms with Gasteiger partial charge in [0, 0.05) is 10.0 Å². The van der Waals surface area contributed by atoms with Gasteiger partial charge in [0.2, 0.25) is 6.79 Å². The van der Waals surface area contributed by atoms with Crippen LogP contribution >= 0.6 is 15.9 Å². The van der Waals surface area contributed by atoms with Gasteiger partial charge in [-0.05, 0) is 35.9 Å². The lowest BCUT2D eigenvalue weighted by Crippen LogP contribution is -2.24. The van der Waals surface area contributed by atoms with Gasteiger partial charge in [-0.25, -0.2) is 4.99 Å². The number of hydrogen-bond acceptors (Lipinski definition) is 4. The highest BCUT2D eigenvalue weighted by atomic mass is 79.9. The number of nitrogens with one attached hydrogen (secondary N) is 1. The quantitative estimate of drug-likeness (QED) is 0.826. The van der Waals surface area contributed by atoms with Gasteiger partial charge in [-0.1, -0.05) is 34.1 Å². The van der Waals surface area contributed by atoms with Gasteiger partial charge in [0.25, 0.3) is 5.91 Å². The van der Waals surface area contributed by atoms with Crippen molar-refractivity contribution < 1.29 is 14.3 Å². The zero-order chi connectivity index (χ0) is 15.8. The van der Waals surface area contributed by atoms with Gasteiger partial charge in [-0.15, -0.1) is 0 Å². The summed E-state index contributed by atoms with van der Waals surface area (Å²) in [6.45, 7) is 0.223. The predicted molar refractivity (Wildman–Crippen MR) is 89.4 cm³/mol. The first-order valence-electron chi connectivity index (χ1n) is 6.96. The number of ether oxygens (including phenoxy) is 2. The van der Waals surface area contributed by atoms with Crippen LogP contribution in [-0.4, -0.2) is 18.5 Å². The molecule has 1 amide bonds. The molecule has 0 saturated heterocycles. The first-order valence-corrected chi connectivity index (χ1v) is 7.76. The maximum Gasteiger partial charge on any atom is 0.275 e. The van der Waals surface area contributed by atoms with E-state index in [1.54, 1.807) is 6.08 Å². The van der Waals surface area contributed by atoms with E-state index in [4.69, 9.17) is 9.47 Å². The maximum absolute atomic E-state index is 12.1. The predicted octanol–water partition coefficient (Wildman–Crippen LogP) is 3.10. The molecule has 2 aliphatic heterocycles. The molecule has 4 rings (SSSR count). The molecule has 0 atom stereocenters. The lowest BCUT2D eigenvalue weighted by molar-refractivity contribution is -0.115. The van der Waals surface area contributed by atoms with Crippen LogP contribution < -0.4 is 14.8 Å². The molecule has 114 valence electrons. The minimum atomic E-state index is -0.224. The van der Waals surface area contributed by atoms with Crippen molar-refractivity contribution in [3.8, 4) is 11.5 Å². The molecular formula is C17H11BrN2O3. The average molecular weight is 371 g/mol. The standard InChI is InChI=1S/C17H11BrN2O3/c18-12-3-1-2-11(8-12)16-19-13(17(21)20-16)6-10-4-5-14-15(7-10)23-9-22-14/h1-8H,9H2,(H,19,20,21)/b13-6-. The molecule has 0 saturated carbocycles. The van der Waals surface area contributed by atoms with Crippen molar-refractivity contribution in [1.82, 2.24) is 5.32 Å². The number of carbonyl (C=O) groups is 1. The molecule has 0 aliphatic carbocycles. The molecule has 0 aromatic heterocycles. The number of amidine groups is 1. The molecule has 0 bridgehead atoms. The van der Waals surface area contributed by atoms with E-state index in [1.807, 2.05) is 42.5 Å². The third-order valence-electron chi connectivity index (χ3n) is 3.49. The summed E-state index contributed by atoms with van der Waals surface area (Å²) in [7, 11) is 0. The Bertz CT molecular complexity index is 874. The molecule has 5 nitrogen and oxygen atoms in total. The first kappa shape index (κ1) is 14.0. The van der Waals surface area contributed by atoms with Gasteiger partial charge < -0.3 is 14.8 Å². The van der Waals surface area contributed by atoms with Crippen molar-refractivity contribution in [1.29, 1.82) is 0 Å². The summed E-state index contributed by atoms with van der Waals surface area (Å²) < 4.78 is 11.5. The van der Waals surface area contributed by atoms with Crippen molar-refractivity contribution in [2.45, 2.75) is 0 Å². The van der Waals surface area contributed by atoms with Crippen LogP contribution in [0.25, 0.3) is 6.08 Å². The number of carbonyl (C=O) groups excluding carboxylic acids is 1. The number of aliphatic imine (C=N–C) groups is 1. The SMILES string of the molecule is O=C1NC(c2cccc(Br)c2)=N/C1=C\c1ccc2c(c1)OCO2. The number of halogens is 1. The van der Waals surface area contributed by atoms with E-state index in [0.717, 1.165) is 15.6 Å². The Morgan fingerprint density at radius 3 is 2.87 bits per heavy atom. The second-order valence-corrected chi connectivity index (χ2v) is 5.98. The Kier molecular flexibility index (Phi) is 3.38. The van der Waals surface area contributed by atoms with E-state index in [-0.39, 0.29) is 12.7 Å². The molecule has 0 radical (unpaired) electrons. The largest absolute Gasteiger partial charge is 0.454 e. The van der Waals surface area contributed by atoms with Gasteiger partial charge >= 0.3 is 0 Å². The second kappa shape index (κ2) is 5.55. The first-order chi connectivity index (χ1) is 11.2. The molecule has 2 aromatic carbocycles. The molecule has 2 aromatic rings. The zero-order valence-corrected chi connectivity index (χ0v) is 13.5. The topological polar surface area (TPSA) is 59.9 Å². The molecule has 0 unspecified atom stereocenters. The van der Waals surface area contributed by atoms with Crippen LogP contribution in [0.1, 0.15) is 11.1 Å². The van der Waals surface area contributed by atoms with Gasteiger partial charge in [0.15, 0.2) is 11.5 Å². The van der Waals surface area contributed by atoms with E-state index < -0.39 is 0 Å². The van der Waals surface area contributed by atoms with E-state index in [9.17, 15) is 4.79 Å². The fourth-order valence-corrected chi connectivity index (χ4v) is 2.80. The minimum Gasteiger partial charge on any atom is -0.454 e. The third kappa shape index (κ3) is 2.73. The monoisotopic (exact) mass is 370 g/mol. The second-order valence-electron chi connectivity index (χ2n) is 5.07. The third-order valence-corrected chi connectivity index (χ3v) is 3.99. The molecule has 2 heterocycles. The van der Waals surface area contributed by atoms with Crippen LogP contribution in [0.4, 0.5) is 0 Å². The van der Waals surface area contributed by atoms with Crippen LogP contribution in [0.3, 0.4) is 0 Å². The fraction of sp³-hybridized carbons (Fsp3) is 0.0588. The summed E-state index contributed by atoms with van der Waals surface area (Å²) in [5, 5.41) is 2.79. The van der Waals surface area contributed by atoms with Gasteiger partial charge in [0.1, 0.15) is 11.5 Å². The highest BCUT2D eigenvalue weighted by Crippen LogP contribution is 2.33. The van der Waals surface area contributed by atoms with Crippen LogP contribution in [0.15, 0.2) is 57.6 Å². The highest BCUT2D eigenvalue weighted by Gasteiger charge is 2.21. The Morgan fingerprint density at radius 1 is 1.13 bits per heavy atom. The fourth-order valence-electron chi connectivity index (χ4n) is 2.40. The van der Waals surface area contributed by atoms with Gasteiger partial charge in [-0.2, -0.15) is 0 Å². The van der Waals surface area contributed by atoms with Crippen LogP contribution in [-0.2, 0) is 4.79 Å². The van der Waals surface area contributed by atoms with E-state index in [1.165, 1.54) is 0 Å². The lowest BCUT2D eigenvalue weighted by Gasteiger charge is -2.00. The van der Waals surface area contributed by atoms with E-state index in [2.05, 4.69) is 26.2 Å². The average Bonchev–Trinajstić information content (AvgIpc) is 3.14. The van der Waals surface area contributed by atoms with Crippen molar-refractivity contribution >= 4 is 33.7 Å². The van der Waals surface area contributed by atoms with Crippen molar-refractivity contribution in [2.75, 3.05) is 6.79 Å². The normalized spacial score (nSPS) is 17.3. The highest BCUT2D eigenvalue weighted by molar-refractivity contribution is 9.10. The molecule has 1 N–H and O–H groups in total. The Hall–Kier alpha value is -2.60. The summed E-state index contributed by atoms with van der Waals surface area (Å²) in [5.41, 5.74) is 2.04. The minimum absolute atomic E-state index is 0.223. The number of nitrogens with zero attached hydrogens (tertiary/aromatic N) is 1. The van der Waals surface area contributed by atoms with Crippen molar-refractivity contribution in [2.24, 2.45) is 4.99 Å². The summed E-state index contributed by atoms with van der Waals surface area (Å²) >= 11 is 3.41. The molecule has 2 aliphatic rings. The number of fused-ring (bicyclic) bond motifs is 1. The number of benzene rings is 2. The Balaban J connectivity index is 1.67. The smallest absolute Gasteiger partial charge is 0.275 e. The summed E-state index contributed by atoms with van der Waals surface area (Å²) in [6, 6.07) is 13.1. The summed E-state index contributed by atoms with van der Waals surface area (Å²) in [5.74, 6) is 1.70. The number of hydrogen-bond donors (Lipinski definition) is 1. The number of rotatable bonds is 2. The molecule has 6 heteroatoms. The molecule has 0 spiro atoms. The van der Waals surface area contributed by atoms with Crippen molar-refractivity contribution in [3.05, 3.63) is 63.8 Å². The van der Waals surface area contributed by atoms with Crippen molar-refractivity contribution in [3.63, 3.8) is 0 Å². The summed E-state index contributed by atoms with van der Waals surface area (Å²) in [4.78, 5) is 16.5. The van der Waals surface area contributed by atoms with Gasteiger partial charge in [-0.3, -0.25) is 4.79 Å². The lowest BCUT2D eigenvalue weighted by atomic mass is 10.1. The van der Waals surface area contributed by atoms with Crippen LogP contribution in [0.5, 0.6) is 11.5 Å². The number of amides is 1. The van der Waals surface area contributed by atoms with Crippen LogP contribution in [0.2, 0.25) is 0 Å². The Labute approximate surface area is 140 Å². The molecule has 23 heavy (non-hydrogen) atoms. The van der Waals surface area contributed by atoms with Gasteiger partial charge in [0.05, 0.1) is 0 Å². The molecular weight excluding hydrogens is 360 g/mol. The van der Waals surface area contributed by atoms with Crippen LogP contribution in [0, 0.1) is 0 Å². The van der Waals surface area contributed by atoms with E-state index >= 15 is 0 Å². The summed E-state index contributed by atoms with van der Waals surface area (Å²) in [6.07, 6.45) is 1.72.